The van der Waals surface area contributed by atoms with Crippen LogP contribution in [0.1, 0.15) is 10.4 Å². The molecule has 0 saturated heterocycles. The van der Waals surface area contributed by atoms with Crippen molar-refractivity contribution in [3.8, 4) is 23.0 Å². The van der Waals surface area contributed by atoms with Gasteiger partial charge in [0.05, 0.1) is 18.4 Å². The number of rotatable bonds is 8. The van der Waals surface area contributed by atoms with Crippen LogP contribution in [0.5, 0.6) is 23.0 Å². The molecule has 3 rings (SSSR count). The Hall–Kier alpha value is -3.51. The van der Waals surface area contributed by atoms with Crippen LogP contribution in [0.15, 0.2) is 66.7 Å². The van der Waals surface area contributed by atoms with Crippen molar-refractivity contribution in [3.63, 3.8) is 0 Å². The lowest BCUT2D eigenvalue weighted by Crippen LogP contribution is -2.20. The zero-order valence-electron chi connectivity index (χ0n) is 15.6. The van der Waals surface area contributed by atoms with Gasteiger partial charge in [-0.05, 0) is 48.5 Å². The van der Waals surface area contributed by atoms with Gasteiger partial charge >= 0.3 is 0 Å². The highest BCUT2D eigenvalue weighted by Gasteiger charge is 2.12. The number of ether oxygens (including phenoxy) is 3. The second-order valence-electron chi connectivity index (χ2n) is 5.91. The molecule has 0 spiro atoms. The predicted octanol–water partition coefficient (Wildman–Crippen LogP) is 4.97. The first kappa shape index (κ1) is 20.2. The zero-order chi connectivity index (χ0) is 20.6. The molecule has 0 bridgehead atoms. The van der Waals surface area contributed by atoms with Gasteiger partial charge in [0.25, 0.3) is 5.91 Å². The van der Waals surface area contributed by atoms with Crippen LogP contribution in [0.4, 0.5) is 5.69 Å². The fourth-order valence-corrected chi connectivity index (χ4v) is 2.68. The second kappa shape index (κ2) is 9.61. The van der Waals surface area contributed by atoms with Crippen LogP contribution in [0, 0.1) is 0 Å². The molecule has 1 amide bonds. The molecule has 1 N–H and O–H groups in total. The Kier molecular flexibility index (Phi) is 6.71. The van der Waals surface area contributed by atoms with Gasteiger partial charge in [0.15, 0.2) is 18.6 Å². The van der Waals surface area contributed by atoms with Crippen molar-refractivity contribution < 1.29 is 23.8 Å². The van der Waals surface area contributed by atoms with Crippen molar-refractivity contribution in [1.82, 2.24) is 0 Å². The molecule has 6 nitrogen and oxygen atoms in total. The van der Waals surface area contributed by atoms with Crippen molar-refractivity contribution in [2.45, 2.75) is 0 Å². The monoisotopic (exact) mass is 411 g/mol. The number of aldehydes is 1. The number of halogens is 1. The third-order valence-electron chi connectivity index (χ3n) is 3.89. The van der Waals surface area contributed by atoms with Crippen LogP contribution in [-0.4, -0.2) is 25.9 Å². The first-order valence-corrected chi connectivity index (χ1v) is 9.05. The van der Waals surface area contributed by atoms with E-state index in [-0.39, 0.29) is 17.9 Å². The molecule has 0 aliphatic heterocycles. The standard InChI is InChI=1S/C22H18ClNO5/c1-27-18-8-10-20(15(11-18)13-25)28-14-22(26)24-19-12-16(23)7-9-21(19)29-17-5-3-2-4-6-17/h2-13H,14H2,1H3,(H,24,26). The van der Waals surface area contributed by atoms with E-state index in [1.165, 1.54) is 13.2 Å². The smallest absolute Gasteiger partial charge is 0.262 e. The van der Waals surface area contributed by atoms with E-state index in [1.807, 2.05) is 18.2 Å². The second-order valence-corrected chi connectivity index (χ2v) is 6.35. The number of hydrogen-bond donors (Lipinski definition) is 1. The number of nitrogens with one attached hydrogen (secondary N) is 1. The molecule has 29 heavy (non-hydrogen) atoms. The van der Waals surface area contributed by atoms with Gasteiger partial charge in [-0.2, -0.15) is 0 Å². The average molecular weight is 412 g/mol. The van der Waals surface area contributed by atoms with Crippen LogP contribution in [0.3, 0.4) is 0 Å². The van der Waals surface area contributed by atoms with Gasteiger partial charge in [0.2, 0.25) is 0 Å². The van der Waals surface area contributed by atoms with Crippen LogP contribution in [0.25, 0.3) is 0 Å². The minimum atomic E-state index is -0.433. The third kappa shape index (κ3) is 5.49. The molecule has 0 aliphatic rings. The molecule has 0 unspecified atom stereocenters. The van der Waals surface area contributed by atoms with Gasteiger partial charge < -0.3 is 19.5 Å². The Balaban J connectivity index is 1.69. The number of amides is 1. The Morgan fingerprint density at radius 2 is 1.76 bits per heavy atom. The Morgan fingerprint density at radius 1 is 1.00 bits per heavy atom. The minimum absolute atomic E-state index is 0.280. The summed E-state index contributed by atoms with van der Waals surface area (Å²) < 4.78 is 16.4. The molecule has 3 aromatic rings. The van der Waals surface area contributed by atoms with Crippen LogP contribution in [-0.2, 0) is 4.79 Å². The summed E-state index contributed by atoms with van der Waals surface area (Å²) in [7, 11) is 1.50. The van der Waals surface area contributed by atoms with E-state index in [2.05, 4.69) is 5.32 Å². The molecule has 0 fully saturated rings. The number of carbonyl (C=O) groups is 2. The summed E-state index contributed by atoms with van der Waals surface area (Å²) in [5.41, 5.74) is 0.688. The lowest BCUT2D eigenvalue weighted by atomic mass is 10.2. The Bertz CT molecular complexity index is 1010. The molecular weight excluding hydrogens is 394 g/mol. The SMILES string of the molecule is COc1ccc(OCC(=O)Nc2cc(Cl)ccc2Oc2ccccc2)c(C=O)c1. The van der Waals surface area contributed by atoms with Crippen LogP contribution in [0.2, 0.25) is 5.02 Å². The van der Waals surface area contributed by atoms with Gasteiger partial charge in [0.1, 0.15) is 17.2 Å². The zero-order valence-corrected chi connectivity index (χ0v) is 16.3. The maximum absolute atomic E-state index is 12.4. The van der Waals surface area contributed by atoms with Crippen LogP contribution < -0.4 is 19.5 Å². The summed E-state index contributed by atoms with van der Waals surface area (Å²) in [6.07, 6.45) is 0.637. The predicted molar refractivity (Wildman–Crippen MR) is 110 cm³/mol. The largest absolute Gasteiger partial charge is 0.497 e. The van der Waals surface area contributed by atoms with Crippen molar-refractivity contribution in [1.29, 1.82) is 0 Å². The number of anilines is 1. The van der Waals surface area contributed by atoms with E-state index in [4.69, 9.17) is 25.8 Å². The van der Waals surface area contributed by atoms with Gasteiger partial charge in [-0.1, -0.05) is 29.8 Å². The van der Waals surface area contributed by atoms with E-state index in [0.717, 1.165) is 0 Å². The van der Waals surface area contributed by atoms with E-state index in [9.17, 15) is 9.59 Å². The summed E-state index contributed by atoms with van der Waals surface area (Å²) in [6, 6.07) is 18.8. The quantitative estimate of drug-likeness (QED) is 0.530. The summed E-state index contributed by atoms with van der Waals surface area (Å²) in [4.78, 5) is 23.6. The minimum Gasteiger partial charge on any atom is -0.497 e. The summed E-state index contributed by atoms with van der Waals surface area (Å²) in [6.45, 7) is -0.301. The highest BCUT2D eigenvalue weighted by atomic mass is 35.5. The molecular formula is C22H18ClNO5. The van der Waals surface area contributed by atoms with Gasteiger partial charge in [-0.3, -0.25) is 9.59 Å². The number of benzene rings is 3. The summed E-state index contributed by atoms with van der Waals surface area (Å²) in [5, 5.41) is 3.16. The molecule has 7 heteroatoms. The van der Waals surface area contributed by atoms with Gasteiger partial charge in [0, 0.05) is 5.02 Å². The Morgan fingerprint density at radius 3 is 2.48 bits per heavy atom. The first-order chi connectivity index (χ1) is 14.1. The molecule has 0 saturated carbocycles. The lowest BCUT2D eigenvalue weighted by Gasteiger charge is -2.14. The van der Waals surface area contributed by atoms with Crippen molar-refractivity contribution in [2.24, 2.45) is 0 Å². The fraction of sp³-hybridized carbons (Fsp3) is 0.0909. The number of hydrogen-bond acceptors (Lipinski definition) is 5. The van der Waals surface area contributed by atoms with Crippen LogP contribution >= 0.6 is 11.6 Å². The lowest BCUT2D eigenvalue weighted by molar-refractivity contribution is -0.118. The molecule has 0 heterocycles. The van der Waals surface area contributed by atoms with Crippen molar-refractivity contribution in [3.05, 3.63) is 77.3 Å². The average Bonchev–Trinajstić information content (AvgIpc) is 2.74. The topological polar surface area (TPSA) is 73.9 Å². The van der Waals surface area contributed by atoms with E-state index in [0.29, 0.717) is 34.2 Å². The third-order valence-corrected chi connectivity index (χ3v) is 4.12. The highest BCUT2D eigenvalue weighted by Crippen LogP contribution is 2.32. The summed E-state index contributed by atoms with van der Waals surface area (Å²) >= 11 is 6.06. The van der Waals surface area contributed by atoms with Crippen molar-refractivity contribution in [2.75, 3.05) is 19.0 Å². The molecule has 0 aliphatic carbocycles. The molecule has 0 atom stereocenters. The number of methoxy groups -OCH3 is 1. The van der Waals surface area contributed by atoms with E-state index in [1.54, 1.807) is 42.5 Å². The molecule has 148 valence electrons. The summed E-state index contributed by atoms with van der Waals surface area (Å²) in [5.74, 6) is 1.42. The van der Waals surface area contributed by atoms with Crippen molar-refractivity contribution >= 4 is 29.5 Å². The molecule has 3 aromatic carbocycles. The fourth-order valence-electron chi connectivity index (χ4n) is 2.51. The molecule has 0 radical (unpaired) electrons. The maximum Gasteiger partial charge on any atom is 0.262 e. The first-order valence-electron chi connectivity index (χ1n) is 8.67. The Labute approximate surface area is 173 Å². The normalized spacial score (nSPS) is 10.1. The number of carbonyl (C=O) groups excluding carboxylic acids is 2. The van der Waals surface area contributed by atoms with E-state index < -0.39 is 5.91 Å². The van der Waals surface area contributed by atoms with Gasteiger partial charge in [-0.25, -0.2) is 0 Å². The van der Waals surface area contributed by atoms with Gasteiger partial charge in [-0.15, -0.1) is 0 Å². The molecule has 0 aromatic heterocycles. The maximum atomic E-state index is 12.4. The van der Waals surface area contributed by atoms with E-state index >= 15 is 0 Å². The number of para-hydroxylation sites is 1. The highest BCUT2D eigenvalue weighted by molar-refractivity contribution is 6.31.